The van der Waals surface area contributed by atoms with Gasteiger partial charge in [0.2, 0.25) is 0 Å². The molecule has 3 aromatic heterocycles. The molecule has 0 amide bonds. The number of hydrogen-bond donors (Lipinski definition) is 0. The summed E-state index contributed by atoms with van der Waals surface area (Å²) < 4.78 is 16.6. The average Bonchev–Trinajstić information content (AvgIpc) is 2.97. The number of nitrogens with zero attached hydrogens (tertiary/aromatic N) is 7. The first-order valence-electron chi connectivity index (χ1n) is 8.94. The fourth-order valence-corrected chi connectivity index (χ4v) is 3.33. The lowest BCUT2D eigenvalue weighted by Gasteiger charge is -2.24. The number of imidazole rings is 1. The van der Waals surface area contributed by atoms with Crippen LogP contribution in [0.4, 0.5) is 16.0 Å². The minimum atomic E-state index is -0.297. The van der Waals surface area contributed by atoms with Gasteiger partial charge in [-0.1, -0.05) is 13.8 Å². The van der Waals surface area contributed by atoms with Crippen molar-refractivity contribution >= 4 is 17.3 Å². The Bertz CT molecular complexity index is 907. The van der Waals surface area contributed by atoms with Gasteiger partial charge >= 0.3 is 0 Å². The van der Waals surface area contributed by atoms with E-state index in [9.17, 15) is 4.39 Å². The maximum Gasteiger partial charge on any atom is 0.187 e. The van der Waals surface area contributed by atoms with Gasteiger partial charge in [-0.05, 0) is 24.5 Å². The normalized spacial score (nSPS) is 15.7. The molecule has 0 radical (unpaired) electrons. The lowest BCUT2D eigenvalue weighted by molar-refractivity contribution is 0.568. The molecule has 4 rings (SSSR count). The highest BCUT2D eigenvalue weighted by atomic mass is 19.1. The van der Waals surface area contributed by atoms with Gasteiger partial charge < -0.3 is 9.80 Å². The first-order valence-corrected chi connectivity index (χ1v) is 8.94. The predicted molar refractivity (Wildman–Crippen MR) is 98.1 cm³/mol. The van der Waals surface area contributed by atoms with Gasteiger partial charge in [-0.2, -0.15) is 0 Å². The molecule has 1 saturated heterocycles. The molecule has 0 saturated carbocycles. The smallest absolute Gasteiger partial charge is 0.187 e. The van der Waals surface area contributed by atoms with Crippen LogP contribution < -0.4 is 9.80 Å². The summed E-state index contributed by atoms with van der Waals surface area (Å²) in [5.74, 6) is 1.05. The van der Waals surface area contributed by atoms with Crippen molar-refractivity contribution in [3.63, 3.8) is 0 Å². The zero-order valence-corrected chi connectivity index (χ0v) is 15.0. The Morgan fingerprint density at radius 2 is 1.81 bits per heavy atom. The van der Waals surface area contributed by atoms with E-state index in [1.165, 1.54) is 6.33 Å². The summed E-state index contributed by atoms with van der Waals surface area (Å²) in [5.41, 5.74) is 1.30. The average molecular weight is 355 g/mol. The SMILES string of the molecule is CC(C)c1ncnc(N2CCCN(c3ccc4nccn4n3)CC2)c1F. The Kier molecular flexibility index (Phi) is 4.40. The van der Waals surface area contributed by atoms with Gasteiger partial charge in [0.15, 0.2) is 17.3 Å². The molecule has 26 heavy (non-hydrogen) atoms. The van der Waals surface area contributed by atoms with Crippen LogP contribution in [0.3, 0.4) is 0 Å². The quantitative estimate of drug-likeness (QED) is 0.719. The highest BCUT2D eigenvalue weighted by Crippen LogP contribution is 2.24. The molecule has 8 heteroatoms. The van der Waals surface area contributed by atoms with E-state index in [4.69, 9.17) is 0 Å². The van der Waals surface area contributed by atoms with Crippen LogP contribution in [0.15, 0.2) is 30.9 Å². The summed E-state index contributed by atoms with van der Waals surface area (Å²) in [7, 11) is 0. The van der Waals surface area contributed by atoms with E-state index in [1.54, 1.807) is 10.7 Å². The van der Waals surface area contributed by atoms with Crippen molar-refractivity contribution in [2.45, 2.75) is 26.2 Å². The van der Waals surface area contributed by atoms with E-state index in [-0.39, 0.29) is 11.7 Å². The molecule has 3 aromatic rings. The Labute approximate surface area is 151 Å². The van der Waals surface area contributed by atoms with E-state index >= 15 is 0 Å². The standard InChI is InChI=1S/C18H22FN7/c1-13(2)17-16(19)18(22-12-21-17)25-8-3-7-24(10-11-25)15-5-4-14-20-6-9-26(14)23-15/h4-6,9,12-13H,3,7-8,10-11H2,1-2H3. The van der Waals surface area contributed by atoms with Crippen molar-refractivity contribution in [1.82, 2.24) is 24.6 Å². The van der Waals surface area contributed by atoms with Crippen molar-refractivity contribution in [1.29, 1.82) is 0 Å². The molecular formula is C18H22FN7. The topological polar surface area (TPSA) is 62.5 Å². The second kappa shape index (κ2) is 6.86. The van der Waals surface area contributed by atoms with Gasteiger partial charge in [0, 0.05) is 38.6 Å². The van der Waals surface area contributed by atoms with E-state index in [2.05, 4.69) is 25.0 Å². The molecule has 4 heterocycles. The van der Waals surface area contributed by atoms with Crippen molar-refractivity contribution in [2.24, 2.45) is 0 Å². The second-order valence-corrected chi connectivity index (χ2v) is 6.80. The van der Waals surface area contributed by atoms with Gasteiger partial charge in [-0.15, -0.1) is 5.10 Å². The molecule has 1 fully saturated rings. The maximum absolute atomic E-state index is 14.8. The Balaban J connectivity index is 1.54. The van der Waals surface area contributed by atoms with Gasteiger partial charge in [0.05, 0.1) is 5.69 Å². The Hall–Kier alpha value is -2.77. The third-order valence-corrected chi connectivity index (χ3v) is 4.71. The number of hydrogen-bond acceptors (Lipinski definition) is 6. The van der Waals surface area contributed by atoms with Crippen molar-refractivity contribution in [3.8, 4) is 0 Å². The van der Waals surface area contributed by atoms with Crippen molar-refractivity contribution in [2.75, 3.05) is 36.0 Å². The van der Waals surface area contributed by atoms with Crippen molar-refractivity contribution in [3.05, 3.63) is 42.4 Å². The predicted octanol–water partition coefficient (Wildman–Crippen LogP) is 2.50. The van der Waals surface area contributed by atoms with Crippen LogP contribution in [0.25, 0.3) is 5.65 Å². The molecule has 1 aliphatic heterocycles. The molecule has 0 unspecified atom stereocenters. The second-order valence-electron chi connectivity index (χ2n) is 6.80. The number of aromatic nitrogens is 5. The molecule has 0 bridgehead atoms. The number of anilines is 2. The largest absolute Gasteiger partial charge is 0.353 e. The molecular weight excluding hydrogens is 333 g/mol. The zero-order valence-electron chi connectivity index (χ0n) is 15.0. The molecule has 0 aliphatic carbocycles. The van der Waals surface area contributed by atoms with Crippen LogP contribution in [0, 0.1) is 5.82 Å². The van der Waals surface area contributed by atoms with Gasteiger partial charge in [-0.25, -0.2) is 23.9 Å². The minimum absolute atomic E-state index is 0.0336. The molecule has 0 N–H and O–H groups in total. The van der Waals surface area contributed by atoms with Gasteiger partial charge in [0.25, 0.3) is 0 Å². The van der Waals surface area contributed by atoms with Crippen LogP contribution in [0.5, 0.6) is 0 Å². The lowest BCUT2D eigenvalue weighted by Crippen LogP contribution is -2.32. The Morgan fingerprint density at radius 3 is 2.65 bits per heavy atom. The lowest BCUT2D eigenvalue weighted by atomic mass is 10.1. The summed E-state index contributed by atoms with van der Waals surface area (Å²) in [4.78, 5) is 16.8. The number of fused-ring (bicyclic) bond motifs is 1. The monoisotopic (exact) mass is 355 g/mol. The van der Waals surface area contributed by atoms with Crippen LogP contribution in [-0.2, 0) is 0 Å². The molecule has 0 aromatic carbocycles. The highest BCUT2D eigenvalue weighted by Gasteiger charge is 2.22. The highest BCUT2D eigenvalue weighted by molar-refractivity contribution is 5.47. The Morgan fingerprint density at radius 1 is 1.00 bits per heavy atom. The van der Waals surface area contributed by atoms with Crippen LogP contribution in [0.2, 0.25) is 0 Å². The van der Waals surface area contributed by atoms with Gasteiger partial charge in [0.1, 0.15) is 12.1 Å². The number of halogens is 1. The van der Waals surface area contributed by atoms with E-state index in [0.717, 1.165) is 37.5 Å². The summed E-state index contributed by atoms with van der Waals surface area (Å²) in [6.07, 6.45) is 5.95. The van der Waals surface area contributed by atoms with Crippen LogP contribution in [0.1, 0.15) is 31.9 Å². The van der Waals surface area contributed by atoms with E-state index in [1.807, 2.05) is 37.1 Å². The molecule has 1 aliphatic rings. The zero-order chi connectivity index (χ0) is 18.1. The maximum atomic E-state index is 14.8. The van der Waals surface area contributed by atoms with Crippen LogP contribution in [-0.4, -0.2) is 50.7 Å². The third-order valence-electron chi connectivity index (χ3n) is 4.71. The summed E-state index contributed by atoms with van der Waals surface area (Å²) in [6.45, 7) is 6.96. The summed E-state index contributed by atoms with van der Waals surface area (Å²) in [5, 5.41) is 4.62. The van der Waals surface area contributed by atoms with Crippen LogP contribution >= 0.6 is 0 Å². The minimum Gasteiger partial charge on any atom is -0.353 e. The van der Waals surface area contributed by atoms with E-state index in [0.29, 0.717) is 18.1 Å². The summed E-state index contributed by atoms with van der Waals surface area (Å²) in [6, 6.07) is 3.95. The molecule has 0 spiro atoms. The summed E-state index contributed by atoms with van der Waals surface area (Å²) >= 11 is 0. The van der Waals surface area contributed by atoms with Crippen molar-refractivity contribution < 1.29 is 4.39 Å². The fraction of sp³-hybridized carbons (Fsp3) is 0.444. The first-order chi connectivity index (χ1) is 12.6. The number of rotatable bonds is 3. The molecule has 136 valence electrons. The first kappa shape index (κ1) is 16.7. The van der Waals surface area contributed by atoms with Gasteiger partial charge in [-0.3, -0.25) is 0 Å². The molecule has 7 nitrogen and oxygen atoms in total. The molecule has 0 atom stereocenters. The third kappa shape index (κ3) is 3.07. The van der Waals surface area contributed by atoms with E-state index < -0.39 is 0 Å². The fourth-order valence-electron chi connectivity index (χ4n) is 3.33.